The fourth-order valence-corrected chi connectivity index (χ4v) is 7.07. The van der Waals surface area contributed by atoms with E-state index in [9.17, 15) is 0 Å². The Balaban J connectivity index is 1.43. The van der Waals surface area contributed by atoms with E-state index >= 15 is 0 Å². The third kappa shape index (κ3) is 3.84. The molecule has 0 bridgehead atoms. The Morgan fingerprint density at radius 1 is 0.400 bits per heavy atom. The van der Waals surface area contributed by atoms with Gasteiger partial charge in [0.2, 0.25) is 0 Å². The molecule has 188 valence electrons. The number of hydrogen-bond donors (Lipinski definition) is 0. The molecule has 0 saturated heterocycles. The van der Waals surface area contributed by atoms with Crippen LogP contribution in [0.5, 0.6) is 0 Å². The topological polar surface area (TPSA) is 25.8 Å². The molecule has 2 nitrogen and oxygen atoms in total. The van der Waals surface area contributed by atoms with Gasteiger partial charge in [-0.3, -0.25) is 0 Å². The molecule has 8 rings (SSSR count). The van der Waals surface area contributed by atoms with E-state index in [1.807, 2.05) is 23.2 Å². The number of aromatic nitrogens is 2. The molecule has 0 aliphatic carbocycles. The molecule has 0 fully saturated rings. The molecule has 0 unspecified atom stereocenters. The number of fused-ring (bicyclic) bond motifs is 3. The largest absolute Gasteiger partial charge is 0.245 e. The van der Waals surface area contributed by atoms with Gasteiger partial charge < -0.3 is 0 Å². The van der Waals surface area contributed by atoms with Crippen LogP contribution >= 0.6 is 22.7 Å². The van der Waals surface area contributed by atoms with Crippen LogP contribution in [-0.2, 0) is 0 Å². The van der Waals surface area contributed by atoms with Gasteiger partial charge in [-0.25, -0.2) is 9.97 Å². The summed E-state index contributed by atoms with van der Waals surface area (Å²) in [6.45, 7) is 0. The normalized spacial score (nSPS) is 11.5. The summed E-state index contributed by atoms with van der Waals surface area (Å²) in [4.78, 5) is 9.01. The van der Waals surface area contributed by atoms with Crippen LogP contribution in [0.15, 0.2) is 132 Å². The van der Waals surface area contributed by atoms with Crippen molar-refractivity contribution in [2.24, 2.45) is 0 Å². The van der Waals surface area contributed by atoms with E-state index < -0.39 is 0 Å². The highest BCUT2D eigenvalue weighted by Gasteiger charge is 2.18. The minimum absolute atomic E-state index is 1.05. The SMILES string of the molecule is c1ccc2cc3c(-c4ccc(-c5nccs5)cc4)c4ccccc4c(-c4ccc(-c5nccs5)cc4)c3cc2c1. The second kappa shape index (κ2) is 9.53. The lowest BCUT2D eigenvalue weighted by Crippen LogP contribution is -1.92. The quantitative estimate of drug-likeness (QED) is 0.205. The van der Waals surface area contributed by atoms with Crippen LogP contribution in [0.2, 0.25) is 0 Å². The van der Waals surface area contributed by atoms with Gasteiger partial charge in [0.25, 0.3) is 0 Å². The highest BCUT2D eigenvalue weighted by molar-refractivity contribution is 7.13. The minimum atomic E-state index is 1.05. The summed E-state index contributed by atoms with van der Waals surface area (Å²) in [7, 11) is 0. The zero-order chi connectivity index (χ0) is 26.5. The molecule has 6 aromatic carbocycles. The van der Waals surface area contributed by atoms with Gasteiger partial charge in [0, 0.05) is 34.3 Å². The van der Waals surface area contributed by atoms with Crippen molar-refractivity contribution in [2.45, 2.75) is 0 Å². The molecular weight excluding hydrogens is 525 g/mol. The average molecular weight is 547 g/mol. The summed E-state index contributed by atoms with van der Waals surface area (Å²) in [6, 6.07) is 40.0. The summed E-state index contributed by atoms with van der Waals surface area (Å²) >= 11 is 3.34. The van der Waals surface area contributed by atoms with E-state index in [0.29, 0.717) is 0 Å². The molecule has 0 radical (unpaired) electrons. The molecule has 4 heteroatoms. The molecular formula is C36H22N2S2. The molecule has 0 saturated carbocycles. The standard InChI is InChI=1S/C36H22N2S2/c1-2-6-28-22-32-31(21-27(28)5-1)33(23-9-13-25(14-10-23)35-37-17-19-39-35)29-7-3-4-8-30(29)34(32)24-11-15-26(16-12-24)36-38-18-20-40-36/h1-22H. The van der Waals surface area contributed by atoms with Gasteiger partial charge in [-0.05, 0) is 66.7 Å². The Morgan fingerprint density at radius 2 is 0.800 bits per heavy atom. The van der Waals surface area contributed by atoms with E-state index in [1.165, 1.54) is 54.6 Å². The van der Waals surface area contributed by atoms with Crippen molar-refractivity contribution < 1.29 is 0 Å². The molecule has 40 heavy (non-hydrogen) atoms. The van der Waals surface area contributed by atoms with Crippen molar-refractivity contribution in [1.82, 2.24) is 9.97 Å². The second-order valence-corrected chi connectivity index (χ2v) is 11.7. The molecule has 0 spiro atoms. The first-order valence-electron chi connectivity index (χ1n) is 13.2. The third-order valence-electron chi connectivity index (χ3n) is 7.60. The minimum Gasteiger partial charge on any atom is -0.245 e. The average Bonchev–Trinajstić information content (AvgIpc) is 3.75. The lowest BCUT2D eigenvalue weighted by molar-refractivity contribution is 1.41. The molecule has 0 aliphatic rings. The number of nitrogens with zero attached hydrogens (tertiary/aromatic N) is 2. The van der Waals surface area contributed by atoms with Crippen LogP contribution in [0, 0.1) is 0 Å². The van der Waals surface area contributed by atoms with Crippen LogP contribution in [0.25, 0.3) is 75.7 Å². The van der Waals surface area contributed by atoms with Crippen molar-refractivity contribution in [2.75, 3.05) is 0 Å². The predicted molar refractivity (Wildman–Crippen MR) is 172 cm³/mol. The van der Waals surface area contributed by atoms with Gasteiger partial charge in [-0.15, -0.1) is 22.7 Å². The molecule has 0 amide bonds. The molecule has 2 heterocycles. The fourth-order valence-electron chi connectivity index (χ4n) is 5.78. The van der Waals surface area contributed by atoms with Crippen LogP contribution in [0.3, 0.4) is 0 Å². The van der Waals surface area contributed by atoms with E-state index in [4.69, 9.17) is 0 Å². The van der Waals surface area contributed by atoms with E-state index in [1.54, 1.807) is 22.7 Å². The Hall–Kier alpha value is -4.64. The van der Waals surface area contributed by atoms with Gasteiger partial charge in [0.1, 0.15) is 10.0 Å². The zero-order valence-corrected chi connectivity index (χ0v) is 23.0. The summed E-state index contributed by atoms with van der Waals surface area (Å²) in [5, 5.41) is 13.7. The van der Waals surface area contributed by atoms with Gasteiger partial charge in [-0.2, -0.15) is 0 Å². The molecule has 8 aromatic rings. The van der Waals surface area contributed by atoms with Gasteiger partial charge in [0.05, 0.1) is 0 Å². The predicted octanol–water partition coefficient (Wildman–Crippen LogP) is 10.7. The first-order valence-corrected chi connectivity index (χ1v) is 15.0. The van der Waals surface area contributed by atoms with Crippen molar-refractivity contribution in [3.05, 3.63) is 132 Å². The maximum absolute atomic E-state index is 4.51. The number of thiazole rings is 2. The molecule has 2 aromatic heterocycles. The van der Waals surface area contributed by atoms with E-state index in [2.05, 4.69) is 119 Å². The van der Waals surface area contributed by atoms with Gasteiger partial charge in [-0.1, -0.05) is 97.1 Å². The Bertz CT molecular complexity index is 1970. The van der Waals surface area contributed by atoms with Gasteiger partial charge >= 0.3 is 0 Å². The Labute approximate surface area is 239 Å². The highest BCUT2D eigenvalue weighted by Crippen LogP contribution is 2.45. The maximum atomic E-state index is 4.51. The van der Waals surface area contributed by atoms with Crippen molar-refractivity contribution >= 4 is 55.0 Å². The van der Waals surface area contributed by atoms with Crippen LogP contribution in [0.1, 0.15) is 0 Å². The van der Waals surface area contributed by atoms with Crippen LogP contribution < -0.4 is 0 Å². The first-order chi connectivity index (χ1) is 19.8. The smallest absolute Gasteiger partial charge is 0.123 e. The maximum Gasteiger partial charge on any atom is 0.123 e. The van der Waals surface area contributed by atoms with Gasteiger partial charge in [0.15, 0.2) is 0 Å². The number of benzene rings is 6. The monoisotopic (exact) mass is 546 g/mol. The summed E-state index contributed by atoms with van der Waals surface area (Å²) in [5.41, 5.74) is 7.25. The fraction of sp³-hybridized carbons (Fsp3) is 0. The number of hydrogen-bond acceptors (Lipinski definition) is 4. The summed E-state index contributed by atoms with van der Waals surface area (Å²) in [6.07, 6.45) is 3.73. The second-order valence-electron chi connectivity index (χ2n) is 9.87. The third-order valence-corrected chi connectivity index (χ3v) is 9.24. The molecule has 0 aliphatic heterocycles. The molecule has 0 N–H and O–H groups in total. The molecule has 0 atom stereocenters. The first kappa shape index (κ1) is 23.3. The van der Waals surface area contributed by atoms with E-state index in [0.717, 1.165) is 21.1 Å². The Kier molecular flexibility index (Phi) is 5.54. The number of rotatable bonds is 4. The van der Waals surface area contributed by atoms with Crippen molar-refractivity contribution in [3.63, 3.8) is 0 Å². The lowest BCUT2D eigenvalue weighted by atomic mass is 9.84. The summed E-state index contributed by atoms with van der Waals surface area (Å²) < 4.78 is 0. The van der Waals surface area contributed by atoms with Crippen molar-refractivity contribution in [1.29, 1.82) is 0 Å². The summed E-state index contributed by atoms with van der Waals surface area (Å²) in [5.74, 6) is 0. The van der Waals surface area contributed by atoms with E-state index in [-0.39, 0.29) is 0 Å². The zero-order valence-electron chi connectivity index (χ0n) is 21.4. The van der Waals surface area contributed by atoms with Crippen LogP contribution in [-0.4, -0.2) is 9.97 Å². The Morgan fingerprint density at radius 3 is 1.20 bits per heavy atom. The highest BCUT2D eigenvalue weighted by atomic mass is 32.1. The van der Waals surface area contributed by atoms with Crippen LogP contribution in [0.4, 0.5) is 0 Å². The van der Waals surface area contributed by atoms with Crippen molar-refractivity contribution in [3.8, 4) is 43.4 Å². The lowest BCUT2D eigenvalue weighted by Gasteiger charge is -2.19.